The van der Waals surface area contributed by atoms with E-state index in [4.69, 9.17) is 28.4 Å². The second-order valence-electron chi connectivity index (χ2n) is 12.8. The molecular formula is C43H54O10. The van der Waals surface area contributed by atoms with E-state index in [1.165, 1.54) is 56.7 Å². The fourth-order valence-corrected chi connectivity index (χ4v) is 5.05. The average Bonchev–Trinajstić information content (AvgIpc) is 3.16. The molecule has 0 aromatic heterocycles. The first-order valence-electron chi connectivity index (χ1n) is 18.8. The minimum Gasteiger partial charge on any atom is -0.494 e. The molecule has 0 saturated carbocycles. The summed E-state index contributed by atoms with van der Waals surface area (Å²) in [4.78, 5) is 51.0. The Morgan fingerprint density at radius 1 is 0.509 bits per heavy atom. The zero-order valence-electron chi connectivity index (χ0n) is 31.5. The van der Waals surface area contributed by atoms with Gasteiger partial charge in [0.25, 0.3) is 0 Å². The first-order chi connectivity index (χ1) is 25.7. The third-order valence-electron chi connectivity index (χ3n) is 8.15. The van der Waals surface area contributed by atoms with E-state index in [1.807, 2.05) is 0 Å². The second-order valence-corrected chi connectivity index (χ2v) is 12.8. The summed E-state index contributed by atoms with van der Waals surface area (Å²) in [5.41, 5.74) is 0.730. The zero-order valence-corrected chi connectivity index (χ0v) is 31.5. The highest BCUT2D eigenvalue weighted by Crippen LogP contribution is 2.28. The van der Waals surface area contributed by atoms with Crippen molar-refractivity contribution in [1.82, 2.24) is 0 Å². The van der Waals surface area contributed by atoms with Gasteiger partial charge >= 0.3 is 23.9 Å². The molecule has 53 heavy (non-hydrogen) atoms. The predicted octanol–water partition coefficient (Wildman–Crippen LogP) is 9.88. The molecule has 3 rings (SSSR count). The van der Waals surface area contributed by atoms with Crippen LogP contribution in [0.25, 0.3) is 0 Å². The highest BCUT2D eigenvalue weighted by atomic mass is 16.6. The molecule has 0 radical (unpaired) electrons. The van der Waals surface area contributed by atoms with Gasteiger partial charge in [-0.2, -0.15) is 0 Å². The van der Waals surface area contributed by atoms with E-state index < -0.39 is 23.9 Å². The molecule has 0 amide bonds. The van der Waals surface area contributed by atoms with Gasteiger partial charge in [0, 0.05) is 5.57 Å². The number of carbonyl (C=O) groups excluding carboxylic acids is 4. The molecule has 0 bridgehead atoms. The van der Waals surface area contributed by atoms with Crippen LogP contribution in [0.3, 0.4) is 0 Å². The largest absolute Gasteiger partial charge is 0.494 e. The van der Waals surface area contributed by atoms with Crippen molar-refractivity contribution in [3.63, 3.8) is 0 Å². The maximum atomic E-state index is 13.3. The number of benzene rings is 3. The lowest BCUT2D eigenvalue weighted by Gasteiger charge is -2.13. The Kier molecular flexibility index (Phi) is 19.3. The van der Waals surface area contributed by atoms with Crippen LogP contribution in [0.4, 0.5) is 0 Å². The van der Waals surface area contributed by atoms with Crippen LogP contribution in [-0.4, -0.2) is 50.3 Å². The normalized spacial score (nSPS) is 10.6. The van der Waals surface area contributed by atoms with Gasteiger partial charge < -0.3 is 28.4 Å². The van der Waals surface area contributed by atoms with Crippen LogP contribution in [0.1, 0.15) is 129 Å². The SMILES string of the molecule is C=C(C)C(=O)OCCCCOC(=O)c1cc(OC(=O)c2ccc(OCCCCCCC)cc2)ccc1OC(=O)c1ccc(OCCCCCCC)cc1. The smallest absolute Gasteiger partial charge is 0.343 e. The van der Waals surface area contributed by atoms with Crippen LogP contribution in [0, 0.1) is 0 Å². The first-order valence-corrected chi connectivity index (χ1v) is 18.8. The zero-order chi connectivity index (χ0) is 38.3. The standard InChI is InChI=1S/C43H54O10/c1-5-7-9-11-13-27-48-35-21-17-33(18-22-35)41(45)52-37-25-26-39(38(31-37)43(47)51-30-16-15-29-50-40(44)32(3)4)53-42(46)34-19-23-36(24-20-34)49-28-14-12-10-8-6-2/h17-26,31H,3,5-16,27-30H2,1-2,4H3. The van der Waals surface area contributed by atoms with Gasteiger partial charge in [0.15, 0.2) is 0 Å². The van der Waals surface area contributed by atoms with Gasteiger partial charge in [-0.05, 0) is 99.3 Å². The summed E-state index contributed by atoms with van der Waals surface area (Å²) in [6.07, 6.45) is 12.2. The third-order valence-corrected chi connectivity index (χ3v) is 8.15. The number of rotatable bonds is 25. The molecule has 3 aromatic carbocycles. The number of ether oxygens (including phenoxy) is 6. The summed E-state index contributed by atoms with van der Waals surface area (Å²) in [6, 6.07) is 17.3. The van der Waals surface area contributed by atoms with Crippen molar-refractivity contribution < 1.29 is 47.6 Å². The maximum absolute atomic E-state index is 13.3. The summed E-state index contributed by atoms with van der Waals surface area (Å²) in [5.74, 6) is -1.34. The fourth-order valence-electron chi connectivity index (χ4n) is 5.05. The highest BCUT2D eigenvalue weighted by molar-refractivity contribution is 5.97. The van der Waals surface area contributed by atoms with Gasteiger partial charge in [0.05, 0.1) is 37.6 Å². The highest BCUT2D eigenvalue weighted by Gasteiger charge is 2.21. The molecule has 0 saturated heterocycles. The van der Waals surface area contributed by atoms with Crippen molar-refractivity contribution in [2.75, 3.05) is 26.4 Å². The number of hydrogen-bond donors (Lipinski definition) is 0. The monoisotopic (exact) mass is 730 g/mol. The molecule has 0 unspecified atom stereocenters. The van der Waals surface area contributed by atoms with Crippen molar-refractivity contribution in [3.8, 4) is 23.0 Å². The Balaban J connectivity index is 1.65. The van der Waals surface area contributed by atoms with Crippen molar-refractivity contribution in [1.29, 1.82) is 0 Å². The first kappa shape index (κ1) is 42.3. The number of carbonyl (C=O) groups is 4. The molecule has 0 aliphatic carbocycles. The van der Waals surface area contributed by atoms with E-state index in [9.17, 15) is 19.2 Å². The van der Waals surface area contributed by atoms with Crippen LogP contribution in [0.5, 0.6) is 23.0 Å². The van der Waals surface area contributed by atoms with Crippen molar-refractivity contribution >= 4 is 23.9 Å². The molecule has 10 nitrogen and oxygen atoms in total. The molecule has 0 fully saturated rings. The average molecular weight is 731 g/mol. The second kappa shape index (κ2) is 24.2. The lowest BCUT2D eigenvalue weighted by Crippen LogP contribution is -2.15. The Morgan fingerprint density at radius 2 is 0.962 bits per heavy atom. The number of unbranched alkanes of at least 4 members (excludes halogenated alkanes) is 9. The summed E-state index contributed by atoms with van der Waals surface area (Å²) in [7, 11) is 0. The van der Waals surface area contributed by atoms with Crippen LogP contribution < -0.4 is 18.9 Å². The molecule has 0 aliphatic rings. The van der Waals surface area contributed by atoms with Crippen LogP contribution >= 0.6 is 0 Å². The van der Waals surface area contributed by atoms with E-state index in [0.29, 0.717) is 43.1 Å². The number of esters is 4. The molecule has 3 aromatic rings. The summed E-state index contributed by atoms with van der Waals surface area (Å²) >= 11 is 0. The van der Waals surface area contributed by atoms with Gasteiger partial charge in [-0.25, -0.2) is 19.2 Å². The Labute approximate surface area is 313 Å². The summed E-state index contributed by atoms with van der Waals surface area (Å²) in [5, 5.41) is 0. The maximum Gasteiger partial charge on any atom is 0.343 e. The Bertz CT molecular complexity index is 1590. The van der Waals surface area contributed by atoms with Gasteiger partial charge in [0.2, 0.25) is 0 Å². The van der Waals surface area contributed by atoms with Crippen LogP contribution in [0.2, 0.25) is 0 Å². The minimum atomic E-state index is -0.788. The molecule has 0 heterocycles. The summed E-state index contributed by atoms with van der Waals surface area (Å²) in [6.45, 7) is 10.8. The Morgan fingerprint density at radius 3 is 1.47 bits per heavy atom. The van der Waals surface area contributed by atoms with E-state index in [0.717, 1.165) is 25.7 Å². The van der Waals surface area contributed by atoms with E-state index in [2.05, 4.69) is 20.4 Å². The molecule has 0 spiro atoms. The van der Waals surface area contributed by atoms with Gasteiger partial charge in [-0.15, -0.1) is 0 Å². The minimum absolute atomic E-state index is 0.00802. The topological polar surface area (TPSA) is 124 Å². The molecule has 0 atom stereocenters. The van der Waals surface area contributed by atoms with Crippen molar-refractivity contribution in [3.05, 3.63) is 95.6 Å². The summed E-state index contributed by atoms with van der Waals surface area (Å²) < 4.78 is 33.3. The fraction of sp³-hybridized carbons (Fsp3) is 0.442. The molecule has 0 N–H and O–H groups in total. The Hall–Kier alpha value is -5.12. The quantitative estimate of drug-likeness (QED) is 0.0360. The van der Waals surface area contributed by atoms with Crippen molar-refractivity contribution in [2.24, 2.45) is 0 Å². The molecule has 0 aliphatic heterocycles. The third kappa shape index (κ3) is 16.0. The molecular weight excluding hydrogens is 676 g/mol. The molecule has 10 heteroatoms. The van der Waals surface area contributed by atoms with Crippen molar-refractivity contribution in [2.45, 2.75) is 97.8 Å². The van der Waals surface area contributed by atoms with Crippen LogP contribution in [0.15, 0.2) is 78.9 Å². The lowest BCUT2D eigenvalue weighted by atomic mass is 10.1. The van der Waals surface area contributed by atoms with E-state index in [1.54, 1.807) is 55.5 Å². The number of hydrogen-bond acceptors (Lipinski definition) is 10. The predicted molar refractivity (Wildman–Crippen MR) is 203 cm³/mol. The van der Waals surface area contributed by atoms with Crippen LogP contribution in [-0.2, 0) is 14.3 Å². The van der Waals surface area contributed by atoms with Gasteiger partial charge in [-0.1, -0.05) is 71.8 Å². The van der Waals surface area contributed by atoms with Gasteiger partial charge in [0.1, 0.15) is 28.6 Å². The molecule has 286 valence electrons. The lowest BCUT2D eigenvalue weighted by molar-refractivity contribution is -0.139. The van der Waals surface area contributed by atoms with E-state index in [-0.39, 0.29) is 41.4 Å². The van der Waals surface area contributed by atoms with Gasteiger partial charge in [-0.3, -0.25) is 0 Å². The van der Waals surface area contributed by atoms with E-state index >= 15 is 0 Å².